The minimum atomic E-state index is 0.828. The van der Waals surface area contributed by atoms with E-state index in [0.29, 0.717) is 0 Å². The van der Waals surface area contributed by atoms with E-state index in [1.54, 1.807) is 18.9 Å². The van der Waals surface area contributed by atoms with Crippen LogP contribution in [0.1, 0.15) is 6.42 Å². The zero-order valence-corrected chi connectivity index (χ0v) is 13.0. The predicted octanol–water partition coefficient (Wildman–Crippen LogP) is 0.712. The normalized spacial score (nSPS) is 16.8. The Morgan fingerprint density at radius 3 is 2.82 bits per heavy atom. The summed E-state index contributed by atoms with van der Waals surface area (Å²) in [6.45, 7) is 6.76. The van der Waals surface area contributed by atoms with E-state index >= 15 is 0 Å². The Kier molecular flexibility index (Phi) is 4.97. The second kappa shape index (κ2) is 7.33. The molecule has 22 heavy (non-hydrogen) atoms. The first kappa shape index (κ1) is 14.9. The van der Waals surface area contributed by atoms with Crippen molar-refractivity contribution in [3.8, 4) is 5.82 Å². The van der Waals surface area contributed by atoms with Gasteiger partial charge in [-0.05, 0) is 20.0 Å². The average molecular weight is 301 g/mol. The van der Waals surface area contributed by atoms with Gasteiger partial charge in [0.1, 0.15) is 24.3 Å². The van der Waals surface area contributed by atoms with E-state index in [9.17, 15) is 0 Å². The molecule has 2 aromatic rings. The van der Waals surface area contributed by atoms with Crippen molar-refractivity contribution in [1.29, 1.82) is 0 Å². The molecular formula is C15H23N7. The molecule has 0 atom stereocenters. The Hall–Kier alpha value is -1.99. The van der Waals surface area contributed by atoms with Crippen LogP contribution in [0.15, 0.2) is 31.1 Å². The van der Waals surface area contributed by atoms with Gasteiger partial charge in [0.2, 0.25) is 0 Å². The molecule has 1 aliphatic rings. The Labute approximate surface area is 131 Å². The van der Waals surface area contributed by atoms with Crippen molar-refractivity contribution >= 4 is 5.82 Å². The number of likely N-dealkylation sites (N-methyl/N-ethyl adjacent to an activating group) is 1. The van der Waals surface area contributed by atoms with Crippen LogP contribution in [-0.4, -0.2) is 75.6 Å². The number of hydrogen-bond acceptors (Lipinski definition) is 6. The summed E-state index contributed by atoms with van der Waals surface area (Å²) in [5.74, 6) is 1.69. The van der Waals surface area contributed by atoms with E-state index in [2.05, 4.69) is 37.1 Å². The topological polar surface area (TPSA) is 62.1 Å². The molecular weight excluding hydrogens is 278 g/mol. The molecule has 1 saturated heterocycles. The summed E-state index contributed by atoms with van der Waals surface area (Å²) in [7, 11) is 2.19. The third-order valence-corrected chi connectivity index (χ3v) is 3.97. The van der Waals surface area contributed by atoms with Crippen LogP contribution in [0, 0.1) is 0 Å². The number of anilines is 1. The number of aromatic nitrogens is 4. The van der Waals surface area contributed by atoms with Crippen LogP contribution >= 0.6 is 0 Å². The predicted molar refractivity (Wildman–Crippen MR) is 86.2 cm³/mol. The van der Waals surface area contributed by atoms with Gasteiger partial charge in [-0.25, -0.2) is 15.0 Å². The Balaban J connectivity index is 1.43. The number of piperazine rings is 1. The molecule has 1 N–H and O–H groups in total. The summed E-state index contributed by atoms with van der Waals surface area (Å²) in [6, 6.07) is 1.94. The zero-order valence-electron chi connectivity index (χ0n) is 13.0. The lowest BCUT2D eigenvalue weighted by atomic mass is 10.3. The highest BCUT2D eigenvalue weighted by Crippen LogP contribution is 2.08. The van der Waals surface area contributed by atoms with Crippen molar-refractivity contribution < 1.29 is 0 Å². The van der Waals surface area contributed by atoms with Crippen molar-refractivity contribution in [2.24, 2.45) is 0 Å². The van der Waals surface area contributed by atoms with Crippen LogP contribution in [-0.2, 0) is 0 Å². The fraction of sp³-hybridized carbons (Fsp3) is 0.533. The van der Waals surface area contributed by atoms with Crippen molar-refractivity contribution in [3.63, 3.8) is 0 Å². The van der Waals surface area contributed by atoms with Gasteiger partial charge in [-0.3, -0.25) is 4.57 Å². The molecule has 0 spiro atoms. The lowest BCUT2D eigenvalue weighted by Crippen LogP contribution is -2.44. The number of rotatable bonds is 6. The van der Waals surface area contributed by atoms with Crippen LogP contribution in [0.4, 0.5) is 5.82 Å². The highest BCUT2D eigenvalue weighted by atomic mass is 15.2. The minimum Gasteiger partial charge on any atom is -0.370 e. The van der Waals surface area contributed by atoms with Gasteiger partial charge >= 0.3 is 0 Å². The van der Waals surface area contributed by atoms with Crippen molar-refractivity contribution in [1.82, 2.24) is 29.3 Å². The summed E-state index contributed by atoms with van der Waals surface area (Å²) in [5.41, 5.74) is 0. The van der Waals surface area contributed by atoms with Gasteiger partial charge in [0.15, 0.2) is 0 Å². The molecule has 0 unspecified atom stereocenters. The summed E-state index contributed by atoms with van der Waals surface area (Å²) in [4.78, 5) is 17.5. The summed E-state index contributed by atoms with van der Waals surface area (Å²) >= 11 is 0. The maximum absolute atomic E-state index is 4.27. The molecule has 0 aliphatic carbocycles. The molecule has 1 fully saturated rings. The SMILES string of the molecule is CN1CCN(CCCNc2cc(-n3ccnc3)ncn2)CC1. The molecule has 1 aliphatic heterocycles. The lowest BCUT2D eigenvalue weighted by molar-refractivity contribution is 0.154. The second-order valence-corrected chi connectivity index (χ2v) is 5.66. The van der Waals surface area contributed by atoms with Crippen LogP contribution < -0.4 is 5.32 Å². The Morgan fingerprint density at radius 2 is 2.05 bits per heavy atom. The Bertz CT molecular complexity index is 561. The van der Waals surface area contributed by atoms with Crippen molar-refractivity contribution in [2.45, 2.75) is 6.42 Å². The number of nitrogens with zero attached hydrogens (tertiary/aromatic N) is 6. The third-order valence-electron chi connectivity index (χ3n) is 3.97. The van der Waals surface area contributed by atoms with Crippen molar-refractivity contribution in [2.75, 3.05) is 51.6 Å². The molecule has 0 aromatic carbocycles. The molecule has 0 saturated carbocycles. The van der Waals surface area contributed by atoms with Crippen LogP contribution in [0.5, 0.6) is 0 Å². The molecule has 0 bridgehead atoms. The van der Waals surface area contributed by atoms with Gasteiger partial charge in [-0.15, -0.1) is 0 Å². The van der Waals surface area contributed by atoms with Crippen LogP contribution in [0.3, 0.4) is 0 Å². The van der Waals surface area contributed by atoms with Crippen LogP contribution in [0.25, 0.3) is 5.82 Å². The monoisotopic (exact) mass is 301 g/mol. The maximum atomic E-state index is 4.27. The highest BCUT2D eigenvalue weighted by Gasteiger charge is 2.12. The average Bonchev–Trinajstić information content (AvgIpc) is 3.08. The van der Waals surface area contributed by atoms with Crippen LogP contribution in [0.2, 0.25) is 0 Å². The molecule has 3 heterocycles. The van der Waals surface area contributed by atoms with Gasteiger partial charge in [0.05, 0.1) is 0 Å². The molecule has 7 nitrogen and oxygen atoms in total. The smallest absolute Gasteiger partial charge is 0.143 e. The van der Waals surface area contributed by atoms with Gasteiger partial charge < -0.3 is 15.1 Å². The molecule has 0 radical (unpaired) electrons. The summed E-state index contributed by atoms with van der Waals surface area (Å²) in [6.07, 6.45) is 8.05. The molecule has 7 heteroatoms. The zero-order chi connectivity index (χ0) is 15.2. The molecule has 2 aromatic heterocycles. The highest BCUT2D eigenvalue weighted by molar-refractivity contribution is 5.40. The lowest BCUT2D eigenvalue weighted by Gasteiger charge is -2.32. The van der Waals surface area contributed by atoms with E-state index in [0.717, 1.165) is 31.1 Å². The molecule has 3 rings (SSSR count). The largest absolute Gasteiger partial charge is 0.370 e. The molecule has 118 valence electrons. The summed E-state index contributed by atoms with van der Waals surface area (Å²) in [5, 5.41) is 3.37. The fourth-order valence-electron chi connectivity index (χ4n) is 2.57. The summed E-state index contributed by atoms with van der Waals surface area (Å²) < 4.78 is 1.87. The number of nitrogens with one attached hydrogen (secondary N) is 1. The molecule has 0 amide bonds. The first-order valence-corrected chi connectivity index (χ1v) is 7.76. The standard InChI is InChI=1S/C15H23N7/c1-20-7-9-21(10-8-20)5-2-3-17-14-11-15(19-12-18-14)22-6-4-16-13-22/h4,6,11-13H,2-3,5,7-10H2,1H3,(H,17,18,19). The van der Waals surface area contributed by atoms with E-state index in [1.807, 2.05) is 16.8 Å². The first-order valence-electron chi connectivity index (χ1n) is 7.76. The first-order chi connectivity index (χ1) is 10.8. The minimum absolute atomic E-state index is 0.828. The Morgan fingerprint density at radius 1 is 1.18 bits per heavy atom. The van der Waals surface area contributed by atoms with Gasteiger partial charge in [-0.2, -0.15) is 0 Å². The van der Waals surface area contributed by atoms with E-state index < -0.39 is 0 Å². The maximum Gasteiger partial charge on any atom is 0.143 e. The number of hydrogen-bond donors (Lipinski definition) is 1. The van der Waals surface area contributed by atoms with E-state index in [4.69, 9.17) is 0 Å². The van der Waals surface area contributed by atoms with E-state index in [1.165, 1.54) is 26.2 Å². The number of imidazole rings is 1. The van der Waals surface area contributed by atoms with Gasteiger partial charge in [0.25, 0.3) is 0 Å². The van der Waals surface area contributed by atoms with Crippen molar-refractivity contribution in [3.05, 3.63) is 31.1 Å². The third kappa shape index (κ3) is 4.02. The fourth-order valence-corrected chi connectivity index (χ4v) is 2.57. The second-order valence-electron chi connectivity index (χ2n) is 5.66. The van der Waals surface area contributed by atoms with E-state index in [-0.39, 0.29) is 0 Å². The van der Waals surface area contributed by atoms with Gasteiger partial charge in [-0.1, -0.05) is 0 Å². The quantitative estimate of drug-likeness (QED) is 0.793. The van der Waals surface area contributed by atoms with Gasteiger partial charge in [0, 0.05) is 51.2 Å².